The average Bonchev–Trinajstić information content (AvgIpc) is 2.37. The fraction of sp³-hybridized carbons (Fsp3) is 0.500. The molecule has 0 spiro atoms. The van der Waals surface area contributed by atoms with Crippen molar-refractivity contribution < 1.29 is 13.2 Å². The predicted molar refractivity (Wildman–Crippen MR) is 76.7 cm³/mol. The van der Waals surface area contributed by atoms with Crippen molar-refractivity contribution in [1.82, 2.24) is 0 Å². The molecule has 1 unspecified atom stereocenters. The summed E-state index contributed by atoms with van der Waals surface area (Å²) >= 11 is 0. The third-order valence-corrected chi connectivity index (χ3v) is 4.74. The zero-order valence-electron chi connectivity index (χ0n) is 11.2. The van der Waals surface area contributed by atoms with Crippen LogP contribution in [0.3, 0.4) is 0 Å². The van der Waals surface area contributed by atoms with Crippen molar-refractivity contribution in [3.05, 3.63) is 35.9 Å². The smallest absolute Gasteiger partial charge is 0.150 e. The van der Waals surface area contributed by atoms with Gasteiger partial charge in [-0.1, -0.05) is 37.3 Å². The summed E-state index contributed by atoms with van der Waals surface area (Å²) in [6, 6.07) is 8.85. The number of rotatable bonds is 8. The summed E-state index contributed by atoms with van der Waals surface area (Å²) in [7, 11) is -3.11. The Balaban J connectivity index is 2.46. The van der Waals surface area contributed by atoms with Crippen LogP contribution in [-0.2, 0) is 21.1 Å². The number of Topliss-reactive ketones (excluding diaryl/α,β-unsaturated/α-hetero) is 1. The van der Waals surface area contributed by atoms with E-state index >= 15 is 0 Å². The van der Waals surface area contributed by atoms with Gasteiger partial charge in [0, 0.05) is 12.2 Å². The van der Waals surface area contributed by atoms with Crippen LogP contribution in [0, 0.1) is 0 Å². The van der Waals surface area contributed by atoms with Crippen molar-refractivity contribution in [3.63, 3.8) is 0 Å². The Bertz CT molecular complexity index is 497. The van der Waals surface area contributed by atoms with E-state index in [1.54, 1.807) is 6.92 Å². The Morgan fingerprint density at radius 1 is 1.21 bits per heavy atom. The van der Waals surface area contributed by atoms with E-state index in [2.05, 4.69) is 0 Å². The molecule has 0 fully saturated rings. The van der Waals surface area contributed by atoms with Crippen molar-refractivity contribution in [2.24, 2.45) is 5.73 Å². The molecule has 1 aromatic rings. The SMILES string of the molecule is CCCS(=O)(=O)CCC(=O)C(N)Cc1ccccc1. The monoisotopic (exact) mass is 283 g/mol. The molecule has 0 saturated heterocycles. The first kappa shape index (κ1) is 15.9. The van der Waals surface area contributed by atoms with Crippen LogP contribution in [0.2, 0.25) is 0 Å². The molecule has 2 N–H and O–H groups in total. The standard InChI is InChI=1S/C14H21NO3S/c1-2-9-19(17,18)10-8-14(16)13(15)11-12-6-4-3-5-7-12/h3-7,13H,2,8-11,15H2,1H3. The number of benzene rings is 1. The summed E-state index contributed by atoms with van der Waals surface area (Å²) in [5.74, 6) is -0.153. The van der Waals surface area contributed by atoms with Gasteiger partial charge in [0.05, 0.1) is 11.8 Å². The number of hydrogen-bond donors (Lipinski definition) is 1. The zero-order valence-corrected chi connectivity index (χ0v) is 12.0. The van der Waals surface area contributed by atoms with E-state index in [0.29, 0.717) is 12.8 Å². The minimum atomic E-state index is -3.11. The van der Waals surface area contributed by atoms with E-state index in [1.807, 2.05) is 30.3 Å². The van der Waals surface area contributed by atoms with Gasteiger partial charge in [0.15, 0.2) is 15.6 Å². The van der Waals surface area contributed by atoms with Gasteiger partial charge >= 0.3 is 0 Å². The molecular formula is C14H21NO3S. The first-order chi connectivity index (χ1) is 8.94. The third kappa shape index (κ3) is 5.98. The van der Waals surface area contributed by atoms with Gasteiger partial charge in [0.1, 0.15) is 0 Å². The quantitative estimate of drug-likeness (QED) is 0.781. The predicted octanol–water partition coefficient (Wildman–Crippen LogP) is 1.34. The summed E-state index contributed by atoms with van der Waals surface area (Å²) in [6.45, 7) is 1.81. The second-order valence-electron chi connectivity index (χ2n) is 4.66. The lowest BCUT2D eigenvalue weighted by Gasteiger charge is -2.10. The minimum Gasteiger partial charge on any atom is -0.321 e. The zero-order chi connectivity index (χ0) is 14.3. The molecule has 0 heterocycles. The van der Waals surface area contributed by atoms with E-state index in [-0.39, 0.29) is 23.7 Å². The van der Waals surface area contributed by atoms with Crippen LogP contribution in [-0.4, -0.2) is 31.7 Å². The number of ketones is 1. The second-order valence-corrected chi connectivity index (χ2v) is 6.97. The molecule has 4 nitrogen and oxygen atoms in total. The lowest BCUT2D eigenvalue weighted by Crippen LogP contribution is -2.34. The second kappa shape index (κ2) is 7.40. The van der Waals surface area contributed by atoms with Crippen molar-refractivity contribution in [2.75, 3.05) is 11.5 Å². The Hall–Kier alpha value is -1.20. The fourth-order valence-electron chi connectivity index (χ4n) is 1.84. The Morgan fingerprint density at radius 3 is 2.42 bits per heavy atom. The van der Waals surface area contributed by atoms with Crippen LogP contribution < -0.4 is 5.73 Å². The van der Waals surface area contributed by atoms with E-state index in [1.165, 1.54) is 0 Å². The van der Waals surface area contributed by atoms with Gasteiger partial charge in [-0.05, 0) is 18.4 Å². The van der Waals surface area contributed by atoms with Crippen LogP contribution in [0.15, 0.2) is 30.3 Å². The highest BCUT2D eigenvalue weighted by Gasteiger charge is 2.17. The Kier molecular flexibility index (Phi) is 6.18. The molecule has 0 radical (unpaired) electrons. The summed E-state index contributed by atoms with van der Waals surface area (Å²) in [4.78, 5) is 11.8. The first-order valence-electron chi connectivity index (χ1n) is 6.47. The van der Waals surface area contributed by atoms with Crippen molar-refractivity contribution in [1.29, 1.82) is 0 Å². The molecule has 1 aromatic carbocycles. The van der Waals surface area contributed by atoms with Gasteiger partial charge in [0.2, 0.25) is 0 Å². The highest BCUT2D eigenvalue weighted by atomic mass is 32.2. The van der Waals surface area contributed by atoms with Gasteiger partial charge in [-0.2, -0.15) is 0 Å². The van der Waals surface area contributed by atoms with Crippen LogP contribution in [0.25, 0.3) is 0 Å². The molecule has 106 valence electrons. The fourth-order valence-corrected chi connectivity index (χ4v) is 3.17. The molecule has 5 heteroatoms. The van der Waals surface area contributed by atoms with Crippen LogP contribution in [0.5, 0.6) is 0 Å². The lowest BCUT2D eigenvalue weighted by atomic mass is 10.0. The summed E-state index contributed by atoms with van der Waals surface area (Å²) < 4.78 is 23.0. The van der Waals surface area contributed by atoms with Crippen LogP contribution in [0.1, 0.15) is 25.3 Å². The summed E-state index contributed by atoms with van der Waals surface area (Å²) in [5, 5.41) is 0. The van der Waals surface area contributed by atoms with E-state index < -0.39 is 15.9 Å². The molecular weight excluding hydrogens is 262 g/mol. The molecule has 19 heavy (non-hydrogen) atoms. The third-order valence-electron chi connectivity index (χ3n) is 2.89. The van der Waals surface area contributed by atoms with E-state index in [9.17, 15) is 13.2 Å². The molecule has 0 saturated carbocycles. The normalized spacial score (nSPS) is 13.2. The molecule has 1 atom stereocenters. The van der Waals surface area contributed by atoms with Crippen molar-refractivity contribution >= 4 is 15.6 Å². The van der Waals surface area contributed by atoms with Gasteiger partial charge in [-0.3, -0.25) is 4.79 Å². The van der Waals surface area contributed by atoms with E-state index in [4.69, 9.17) is 5.73 Å². The average molecular weight is 283 g/mol. The topological polar surface area (TPSA) is 77.2 Å². The van der Waals surface area contributed by atoms with E-state index in [0.717, 1.165) is 5.56 Å². The maximum Gasteiger partial charge on any atom is 0.150 e. The highest BCUT2D eigenvalue weighted by molar-refractivity contribution is 7.91. The molecule has 0 aliphatic rings. The molecule has 0 aromatic heterocycles. The summed E-state index contributed by atoms with van der Waals surface area (Å²) in [5.41, 5.74) is 6.79. The Morgan fingerprint density at radius 2 is 1.84 bits per heavy atom. The number of carbonyl (C=O) groups is 1. The molecule has 0 aliphatic heterocycles. The Labute approximate surface area is 114 Å². The van der Waals surface area contributed by atoms with Crippen molar-refractivity contribution in [2.45, 2.75) is 32.2 Å². The van der Waals surface area contributed by atoms with Gasteiger partial charge in [-0.25, -0.2) is 8.42 Å². The number of carbonyl (C=O) groups excluding carboxylic acids is 1. The number of sulfone groups is 1. The van der Waals surface area contributed by atoms with Gasteiger partial charge < -0.3 is 5.73 Å². The number of nitrogens with two attached hydrogens (primary N) is 1. The van der Waals surface area contributed by atoms with Crippen LogP contribution >= 0.6 is 0 Å². The molecule has 0 aliphatic carbocycles. The first-order valence-corrected chi connectivity index (χ1v) is 8.29. The number of hydrogen-bond acceptors (Lipinski definition) is 4. The molecule has 0 bridgehead atoms. The highest BCUT2D eigenvalue weighted by Crippen LogP contribution is 2.05. The maximum absolute atomic E-state index is 11.8. The van der Waals surface area contributed by atoms with Crippen molar-refractivity contribution in [3.8, 4) is 0 Å². The summed E-state index contributed by atoms with van der Waals surface area (Å²) in [6.07, 6.45) is 1.04. The van der Waals surface area contributed by atoms with Gasteiger partial charge in [0.25, 0.3) is 0 Å². The lowest BCUT2D eigenvalue weighted by molar-refractivity contribution is -0.119. The van der Waals surface area contributed by atoms with Crippen LogP contribution in [0.4, 0.5) is 0 Å². The minimum absolute atomic E-state index is 0.0103. The molecule has 0 amide bonds. The largest absolute Gasteiger partial charge is 0.321 e. The van der Waals surface area contributed by atoms with Gasteiger partial charge in [-0.15, -0.1) is 0 Å². The maximum atomic E-state index is 11.8. The molecule has 1 rings (SSSR count).